The molecule has 0 saturated heterocycles. The molecule has 0 radical (unpaired) electrons. The molecule has 0 aliphatic heterocycles. The number of halogens is 3. The lowest BCUT2D eigenvalue weighted by molar-refractivity contribution is -0.177. The highest BCUT2D eigenvalue weighted by Gasteiger charge is 2.42. The molecule has 2 rings (SSSR count). The van der Waals surface area contributed by atoms with E-state index in [0.717, 1.165) is 11.3 Å². The molecule has 16 heavy (non-hydrogen) atoms. The van der Waals surface area contributed by atoms with Crippen LogP contribution in [0.5, 0.6) is 0 Å². The highest BCUT2D eigenvalue weighted by atomic mass is 19.4. The SMILES string of the molecule is CC(C)n1ncc2c1C[C@@H](C(F)(F)F)CC2. The summed E-state index contributed by atoms with van der Waals surface area (Å²) in [5, 5.41) is 4.16. The van der Waals surface area contributed by atoms with Crippen LogP contribution in [-0.2, 0) is 12.8 Å². The van der Waals surface area contributed by atoms with Crippen LogP contribution >= 0.6 is 0 Å². The number of rotatable bonds is 1. The van der Waals surface area contributed by atoms with Gasteiger partial charge < -0.3 is 0 Å². The van der Waals surface area contributed by atoms with E-state index in [9.17, 15) is 13.2 Å². The average molecular weight is 232 g/mol. The van der Waals surface area contributed by atoms with Crippen molar-refractivity contribution in [1.29, 1.82) is 0 Å². The van der Waals surface area contributed by atoms with Crippen molar-refractivity contribution >= 4 is 0 Å². The molecule has 2 nitrogen and oxygen atoms in total. The zero-order chi connectivity index (χ0) is 11.9. The second-order valence-electron chi connectivity index (χ2n) is 4.64. The maximum absolute atomic E-state index is 12.6. The Morgan fingerprint density at radius 1 is 1.44 bits per heavy atom. The molecule has 1 aromatic rings. The fourth-order valence-electron chi connectivity index (χ4n) is 2.25. The van der Waals surface area contributed by atoms with Crippen LogP contribution in [0.2, 0.25) is 0 Å². The van der Waals surface area contributed by atoms with Crippen LogP contribution in [0.4, 0.5) is 13.2 Å². The molecule has 0 unspecified atom stereocenters. The molecule has 0 fully saturated rings. The first-order valence-corrected chi connectivity index (χ1v) is 5.51. The van der Waals surface area contributed by atoms with E-state index >= 15 is 0 Å². The Labute approximate surface area is 92.4 Å². The van der Waals surface area contributed by atoms with Gasteiger partial charge in [0.15, 0.2) is 0 Å². The summed E-state index contributed by atoms with van der Waals surface area (Å²) in [6, 6.07) is 0.121. The Morgan fingerprint density at radius 3 is 2.69 bits per heavy atom. The smallest absolute Gasteiger partial charge is 0.267 e. The lowest BCUT2D eigenvalue weighted by Crippen LogP contribution is -2.30. The summed E-state index contributed by atoms with van der Waals surface area (Å²) in [6.07, 6.45) is -1.60. The lowest BCUT2D eigenvalue weighted by Gasteiger charge is -2.26. The standard InChI is InChI=1S/C11H15F3N2/c1-7(2)16-10-5-9(11(12,13)14)4-3-8(10)6-15-16/h6-7,9H,3-5H2,1-2H3/t9-/m0/s1. The van der Waals surface area contributed by atoms with E-state index in [0.29, 0.717) is 6.42 Å². The second kappa shape index (κ2) is 3.79. The first kappa shape index (κ1) is 11.5. The zero-order valence-electron chi connectivity index (χ0n) is 9.38. The van der Waals surface area contributed by atoms with E-state index in [1.807, 2.05) is 13.8 Å². The third-order valence-corrected chi connectivity index (χ3v) is 3.14. The minimum Gasteiger partial charge on any atom is -0.267 e. The maximum Gasteiger partial charge on any atom is 0.392 e. The fourth-order valence-corrected chi connectivity index (χ4v) is 2.25. The molecule has 0 amide bonds. The van der Waals surface area contributed by atoms with Crippen molar-refractivity contribution in [3.63, 3.8) is 0 Å². The van der Waals surface area contributed by atoms with E-state index < -0.39 is 12.1 Å². The topological polar surface area (TPSA) is 17.8 Å². The van der Waals surface area contributed by atoms with E-state index in [1.165, 1.54) is 0 Å². The summed E-state index contributed by atoms with van der Waals surface area (Å²) in [5.41, 5.74) is 1.75. The van der Waals surface area contributed by atoms with Gasteiger partial charge in [-0.3, -0.25) is 4.68 Å². The first-order chi connectivity index (χ1) is 7.39. The Morgan fingerprint density at radius 2 is 2.12 bits per heavy atom. The largest absolute Gasteiger partial charge is 0.392 e. The van der Waals surface area contributed by atoms with Gasteiger partial charge in [0.2, 0.25) is 0 Å². The Kier molecular flexibility index (Phi) is 2.72. The van der Waals surface area contributed by atoms with Crippen molar-refractivity contribution in [3.05, 3.63) is 17.5 Å². The van der Waals surface area contributed by atoms with Crippen molar-refractivity contribution in [2.45, 2.75) is 45.3 Å². The molecule has 90 valence electrons. The summed E-state index contributed by atoms with van der Waals surface area (Å²) in [7, 11) is 0. The molecule has 1 heterocycles. The number of aromatic nitrogens is 2. The van der Waals surface area contributed by atoms with Crippen molar-refractivity contribution in [3.8, 4) is 0 Å². The molecule has 0 spiro atoms. The van der Waals surface area contributed by atoms with Crippen molar-refractivity contribution in [2.75, 3.05) is 0 Å². The van der Waals surface area contributed by atoms with Gasteiger partial charge in [-0.25, -0.2) is 0 Å². The highest BCUT2D eigenvalue weighted by Crippen LogP contribution is 2.37. The van der Waals surface area contributed by atoms with Gasteiger partial charge in [0.1, 0.15) is 0 Å². The van der Waals surface area contributed by atoms with Gasteiger partial charge in [-0.05, 0) is 32.3 Å². The number of hydrogen-bond donors (Lipinski definition) is 0. The van der Waals surface area contributed by atoms with Crippen LogP contribution in [0, 0.1) is 5.92 Å². The third kappa shape index (κ3) is 1.95. The van der Waals surface area contributed by atoms with Crippen LogP contribution in [0.25, 0.3) is 0 Å². The zero-order valence-corrected chi connectivity index (χ0v) is 9.38. The van der Waals surface area contributed by atoms with Crippen LogP contribution in [0.1, 0.15) is 37.6 Å². The molecule has 0 saturated carbocycles. The number of hydrogen-bond acceptors (Lipinski definition) is 1. The van der Waals surface area contributed by atoms with E-state index in [4.69, 9.17) is 0 Å². The highest BCUT2D eigenvalue weighted by molar-refractivity contribution is 5.22. The number of aryl methyl sites for hydroxylation is 1. The fraction of sp³-hybridized carbons (Fsp3) is 0.727. The first-order valence-electron chi connectivity index (χ1n) is 5.51. The van der Waals surface area contributed by atoms with Crippen molar-refractivity contribution in [1.82, 2.24) is 9.78 Å². The molecular formula is C11H15F3N2. The van der Waals surface area contributed by atoms with Crippen LogP contribution in [0.3, 0.4) is 0 Å². The Bertz CT molecular complexity index is 379. The van der Waals surface area contributed by atoms with Gasteiger partial charge in [0, 0.05) is 18.2 Å². The molecule has 0 N–H and O–H groups in total. The summed E-state index contributed by atoms with van der Waals surface area (Å²) < 4.78 is 39.6. The summed E-state index contributed by atoms with van der Waals surface area (Å²) in [5.74, 6) is -1.20. The number of nitrogens with zero attached hydrogens (tertiary/aromatic N) is 2. The minimum absolute atomic E-state index is 0.0804. The molecule has 0 bridgehead atoms. The number of fused-ring (bicyclic) bond motifs is 1. The van der Waals surface area contributed by atoms with Crippen LogP contribution in [0.15, 0.2) is 6.20 Å². The minimum atomic E-state index is -4.08. The molecule has 0 aromatic carbocycles. The lowest BCUT2D eigenvalue weighted by atomic mass is 9.87. The Hall–Kier alpha value is -1.00. The quantitative estimate of drug-likeness (QED) is 0.727. The van der Waals surface area contributed by atoms with Gasteiger partial charge >= 0.3 is 6.18 Å². The molecule has 1 aromatic heterocycles. The summed E-state index contributed by atoms with van der Waals surface area (Å²) in [4.78, 5) is 0. The predicted octanol–water partition coefficient (Wildman–Crippen LogP) is 3.13. The normalized spacial score (nSPS) is 21.2. The van der Waals surface area contributed by atoms with Gasteiger partial charge in [-0.2, -0.15) is 18.3 Å². The van der Waals surface area contributed by atoms with Crippen molar-refractivity contribution in [2.24, 2.45) is 5.92 Å². The van der Waals surface area contributed by atoms with Crippen molar-refractivity contribution < 1.29 is 13.2 Å². The summed E-state index contributed by atoms with van der Waals surface area (Å²) >= 11 is 0. The average Bonchev–Trinajstić information content (AvgIpc) is 2.58. The monoisotopic (exact) mass is 232 g/mol. The van der Waals surface area contributed by atoms with Gasteiger partial charge in [-0.1, -0.05) is 0 Å². The predicted molar refractivity (Wildman–Crippen MR) is 54.2 cm³/mol. The van der Waals surface area contributed by atoms with Crippen LogP contribution in [-0.4, -0.2) is 16.0 Å². The van der Waals surface area contributed by atoms with E-state index in [-0.39, 0.29) is 18.9 Å². The molecular weight excluding hydrogens is 217 g/mol. The van der Waals surface area contributed by atoms with Crippen LogP contribution < -0.4 is 0 Å². The third-order valence-electron chi connectivity index (χ3n) is 3.14. The van der Waals surface area contributed by atoms with E-state index in [2.05, 4.69) is 5.10 Å². The molecule has 5 heteroatoms. The summed E-state index contributed by atoms with van der Waals surface area (Å²) in [6.45, 7) is 3.87. The number of alkyl halides is 3. The molecule has 1 aliphatic rings. The molecule has 1 atom stereocenters. The molecule has 1 aliphatic carbocycles. The second-order valence-corrected chi connectivity index (χ2v) is 4.64. The van der Waals surface area contributed by atoms with Gasteiger partial charge in [0.25, 0.3) is 0 Å². The Balaban J connectivity index is 2.28. The van der Waals surface area contributed by atoms with Gasteiger partial charge in [-0.15, -0.1) is 0 Å². The van der Waals surface area contributed by atoms with E-state index in [1.54, 1.807) is 10.9 Å². The van der Waals surface area contributed by atoms with Gasteiger partial charge in [0.05, 0.1) is 12.1 Å². The maximum atomic E-state index is 12.6.